The second-order valence-electron chi connectivity index (χ2n) is 4.64. The Kier molecular flexibility index (Phi) is 4.16. The summed E-state index contributed by atoms with van der Waals surface area (Å²) in [5.41, 5.74) is -0.883. The van der Waals surface area contributed by atoms with Crippen molar-refractivity contribution in [3.63, 3.8) is 0 Å². The highest BCUT2D eigenvalue weighted by Gasteiger charge is 2.23. The maximum atomic E-state index is 13.5. The molecule has 0 bridgehead atoms. The first kappa shape index (κ1) is 14.2. The van der Waals surface area contributed by atoms with Gasteiger partial charge in [0.05, 0.1) is 5.56 Å². The van der Waals surface area contributed by atoms with Crippen LogP contribution in [-0.2, 0) is 4.79 Å². The number of rotatable bonds is 6. The Balaban J connectivity index is 1.91. The number of carboxylic acids is 1. The number of anilines is 1. The highest BCUT2D eigenvalue weighted by atomic mass is 19.1. The van der Waals surface area contributed by atoms with Crippen LogP contribution < -0.4 is 10.6 Å². The van der Waals surface area contributed by atoms with Crippen molar-refractivity contribution in [2.45, 2.75) is 25.3 Å². The molecule has 3 N–H and O–H groups in total. The van der Waals surface area contributed by atoms with Gasteiger partial charge in [-0.1, -0.05) is 0 Å². The third-order valence-corrected chi connectivity index (χ3v) is 2.89. The van der Waals surface area contributed by atoms with E-state index in [0.717, 1.165) is 25.0 Å². The van der Waals surface area contributed by atoms with Crippen LogP contribution in [0.25, 0.3) is 0 Å². The van der Waals surface area contributed by atoms with E-state index < -0.39 is 28.9 Å². The highest BCUT2D eigenvalue weighted by Crippen LogP contribution is 2.21. The summed E-state index contributed by atoms with van der Waals surface area (Å²) in [6, 6.07) is 1.71. The third kappa shape index (κ3) is 3.66. The van der Waals surface area contributed by atoms with Gasteiger partial charge in [-0.25, -0.2) is 13.6 Å². The van der Waals surface area contributed by atoms with Crippen LogP contribution in [0.1, 0.15) is 29.6 Å². The van der Waals surface area contributed by atoms with Crippen molar-refractivity contribution >= 4 is 17.6 Å². The Morgan fingerprint density at radius 2 is 1.85 bits per heavy atom. The van der Waals surface area contributed by atoms with Crippen LogP contribution in [0.3, 0.4) is 0 Å². The summed E-state index contributed by atoms with van der Waals surface area (Å²) in [5, 5.41) is 13.9. The Labute approximate surface area is 114 Å². The Hall–Kier alpha value is -2.18. The van der Waals surface area contributed by atoms with Gasteiger partial charge < -0.3 is 15.7 Å². The summed E-state index contributed by atoms with van der Waals surface area (Å²) in [6.07, 6.45) is 2.04. The number of benzene rings is 1. The first-order valence-corrected chi connectivity index (χ1v) is 6.23. The van der Waals surface area contributed by atoms with Crippen LogP contribution in [0, 0.1) is 11.6 Å². The number of carboxylic acid groups (broad SMARTS) is 1. The van der Waals surface area contributed by atoms with Gasteiger partial charge >= 0.3 is 5.97 Å². The van der Waals surface area contributed by atoms with E-state index in [0.29, 0.717) is 0 Å². The van der Waals surface area contributed by atoms with Crippen molar-refractivity contribution in [2.24, 2.45) is 0 Å². The van der Waals surface area contributed by atoms with Gasteiger partial charge in [-0.15, -0.1) is 0 Å². The Morgan fingerprint density at radius 1 is 1.25 bits per heavy atom. The van der Waals surface area contributed by atoms with Crippen LogP contribution in [0.4, 0.5) is 14.5 Å². The van der Waals surface area contributed by atoms with Gasteiger partial charge in [-0.05, 0) is 25.0 Å². The van der Waals surface area contributed by atoms with Crippen LogP contribution in [0.15, 0.2) is 12.1 Å². The van der Waals surface area contributed by atoms with Crippen molar-refractivity contribution < 1.29 is 23.5 Å². The van der Waals surface area contributed by atoms with E-state index in [1.807, 2.05) is 0 Å². The monoisotopic (exact) mass is 284 g/mol. The number of carbonyl (C=O) groups excluding carboxylic acids is 1. The number of aromatic carboxylic acids is 1. The minimum atomic E-state index is -1.40. The van der Waals surface area contributed by atoms with Gasteiger partial charge in [0.1, 0.15) is 17.3 Å². The van der Waals surface area contributed by atoms with E-state index in [4.69, 9.17) is 5.11 Å². The molecule has 1 aliphatic carbocycles. The molecule has 0 radical (unpaired) electrons. The largest absolute Gasteiger partial charge is 0.478 e. The summed E-state index contributed by atoms with van der Waals surface area (Å²) >= 11 is 0. The Bertz CT molecular complexity index is 521. The maximum absolute atomic E-state index is 13.5. The van der Waals surface area contributed by atoms with Gasteiger partial charge in [0.15, 0.2) is 0 Å². The van der Waals surface area contributed by atoms with Gasteiger partial charge in [0, 0.05) is 19.0 Å². The lowest BCUT2D eigenvalue weighted by molar-refractivity contribution is -0.120. The molecule has 0 aromatic heterocycles. The van der Waals surface area contributed by atoms with Crippen molar-refractivity contribution in [3.8, 4) is 0 Å². The second-order valence-corrected chi connectivity index (χ2v) is 4.64. The van der Waals surface area contributed by atoms with E-state index in [1.165, 1.54) is 0 Å². The molecule has 1 aliphatic rings. The minimum absolute atomic E-state index is 0.0683. The number of amides is 1. The highest BCUT2D eigenvalue weighted by molar-refractivity contribution is 5.88. The van der Waals surface area contributed by atoms with E-state index in [9.17, 15) is 18.4 Å². The van der Waals surface area contributed by atoms with E-state index in [1.54, 1.807) is 0 Å². The zero-order chi connectivity index (χ0) is 14.7. The molecule has 1 saturated carbocycles. The molecule has 0 heterocycles. The topological polar surface area (TPSA) is 78.4 Å². The number of hydrogen-bond donors (Lipinski definition) is 3. The van der Waals surface area contributed by atoms with Gasteiger partial charge in [-0.2, -0.15) is 0 Å². The summed E-state index contributed by atoms with van der Waals surface area (Å²) in [4.78, 5) is 22.0. The van der Waals surface area contributed by atoms with Gasteiger partial charge in [0.25, 0.3) is 0 Å². The average Bonchev–Trinajstić information content (AvgIpc) is 3.16. The molecular formula is C13H14F2N2O3. The molecule has 5 nitrogen and oxygen atoms in total. The van der Waals surface area contributed by atoms with Crippen molar-refractivity contribution in [2.75, 3.05) is 11.9 Å². The fourth-order valence-electron chi connectivity index (χ4n) is 1.69. The van der Waals surface area contributed by atoms with Crippen LogP contribution in [-0.4, -0.2) is 29.6 Å². The molecule has 1 aromatic rings. The smallest absolute Gasteiger partial charge is 0.335 e. The lowest BCUT2D eigenvalue weighted by Crippen LogP contribution is -2.27. The zero-order valence-corrected chi connectivity index (χ0v) is 10.6. The number of hydrogen-bond acceptors (Lipinski definition) is 3. The summed E-state index contributed by atoms with van der Waals surface area (Å²) in [5.74, 6) is -3.57. The molecule has 1 aromatic carbocycles. The predicted molar refractivity (Wildman–Crippen MR) is 67.6 cm³/mol. The molecule has 20 heavy (non-hydrogen) atoms. The lowest BCUT2D eigenvalue weighted by atomic mass is 10.2. The zero-order valence-electron chi connectivity index (χ0n) is 10.6. The molecule has 0 saturated heterocycles. The number of nitrogens with one attached hydrogen (secondary N) is 2. The fourth-order valence-corrected chi connectivity index (χ4v) is 1.69. The number of carbonyl (C=O) groups is 2. The minimum Gasteiger partial charge on any atom is -0.478 e. The van der Waals surface area contributed by atoms with Crippen molar-refractivity contribution in [1.82, 2.24) is 5.32 Å². The molecule has 1 fully saturated rings. The number of halogens is 2. The fraction of sp³-hybridized carbons (Fsp3) is 0.385. The summed E-state index contributed by atoms with van der Waals surface area (Å²) in [6.45, 7) is 0.0683. The average molecular weight is 284 g/mol. The molecule has 2 rings (SSSR count). The summed E-state index contributed by atoms with van der Waals surface area (Å²) in [7, 11) is 0. The van der Waals surface area contributed by atoms with Crippen LogP contribution >= 0.6 is 0 Å². The first-order valence-electron chi connectivity index (χ1n) is 6.23. The van der Waals surface area contributed by atoms with Crippen molar-refractivity contribution in [3.05, 3.63) is 29.3 Å². The molecule has 0 unspecified atom stereocenters. The summed E-state index contributed by atoms with van der Waals surface area (Å²) < 4.78 is 27.1. The maximum Gasteiger partial charge on any atom is 0.335 e. The lowest BCUT2D eigenvalue weighted by Gasteiger charge is -2.09. The van der Waals surface area contributed by atoms with E-state index >= 15 is 0 Å². The quantitative estimate of drug-likeness (QED) is 0.743. The molecule has 0 atom stereocenters. The van der Waals surface area contributed by atoms with Crippen LogP contribution in [0.5, 0.6) is 0 Å². The molecule has 7 heteroatoms. The Morgan fingerprint density at radius 3 is 2.35 bits per heavy atom. The SMILES string of the molecule is O=C(CCNc1c(F)cc(C(=O)O)cc1F)NC1CC1. The van der Waals surface area contributed by atoms with Gasteiger partial charge in [-0.3, -0.25) is 4.79 Å². The van der Waals surface area contributed by atoms with Crippen molar-refractivity contribution in [1.29, 1.82) is 0 Å². The van der Waals surface area contributed by atoms with E-state index in [-0.39, 0.29) is 24.9 Å². The first-order chi connectivity index (χ1) is 9.47. The molecule has 1 amide bonds. The van der Waals surface area contributed by atoms with E-state index in [2.05, 4.69) is 10.6 Å². The molecular weight excluding hydrogens is 270 g/mol. The molecule has 0 aliphatic heterocycles. The third-order valence-electron chi connectivity index (χ3n) is 2.89. The molecule has 108 valence electrons. The molecule has 0 spiro atoms. The standard InChI is InChI=1S/C13H14F2N2O3/c14-9-5-7(13(19)20)6-10(15)12(9)16-4-3-11(18)17-8-1-2-8/h5-6,8,16H,1-4H2,(H,17,18)(H,19,20). The normalized spacial score (nSPS) is 13.9. The van der Waals surface area contributed by atoms with Crippen LogP contribution in [0.2, 0.25) is 0 Å². The van der Waals surface area contributed by atoms with Gasteiger partial charge in [0.2, 0.25) is 5.91 Å². The predicted octanol–water partition coefficient (Wildman–Crippen LogP) is 1.74. The second kappa shape index (κ2) is 5.85.